The zero-order valence-corrected chi connectivity index (χ0v) is 16.9. The first-order chi connectivity index (χ1) is 14.0. The minimum absolute atomic E-state index is 0.124. The van der Waals surface area contributed by atoms with E-state index in [1.165, 1.54) is 30.3 Å². The third-order valence-corrected chi connectivity index (χ3v) is 5.54. The first kappa shape index (κ1) is 21.6. The Balaban J connectivity index is 2.07. The molecule has 0 bridgehead atoms. The monoisotopic (exact) mass is 437 g/mol. The maximum atomic E-state index is 12.8. The molecule has 3 rings (SSSR count). The van der Waals surface area contributed by atoms with Gasteiger partial charge in [-0.25, -0.2) is 13.2 Å². The minimum Gasteiger partial charge on any atom is -0.462 e. The van der Waals surface area contributed by atoms with E-state index in [2.05, 4.69) is 4.98 Å². The second-order valence-electron chi connectivity index (χ2n) is 6.56. The summed E-state index contributed by atoms with van der Waals surface area (Å²) in [6.07, 6.45) is -3.36. The lowest BCUT2D eigenvalue weighted by Gasteiger charge is -2.07. The Bertz CT molecular complexity index is 1160. The Kier molecular flexibility index (Phi) is 5.76. The molecular weight excluding hydrogens is 419 g/mol. The standard InChI is InChI=1S/C21H18F3NO4S/c1-3-29-20(26)17-12-18(13-4-8-15(9-5-13)21(22,23)24)25-19(17)14-6-10-16(11-7-14)30(2,27)28/h4-12,25H,3H2,1-2H3. The molecule has 0 radical (unpaired) electrons. The highest BCUT2D eigenvalue weighted by Crippen LogP contribution is 2.33. The third-order valence-electron chi connectivity index (χ3n) is 4.41. The van der Waals surface area contributed by atoms with Gasteiger partial charge in [0.05, 0.1) is 28.3 Å². The fraction of sp³-hybridized carbons (Fsp3) is 0.190. The summed E-state index contributed by atoms with van der Waals surface area (Å²) >= 11 is 0. The maximum Gasteiger partial charge on any atom is 0.416 e. The van der Waals surface area contributed by atoms with Crippen molar-refractivity contribution >= 4 is 15.8 Å². The summed E-state index contributed by atoms with van der Waals surface area (Å²) in [7, 11) is -3.38. The lowest BCUT2D eigenvalue weighted by atomic mass is 10.1. The largest absolute Gasteiger partial charge is 0.462 e. The number of carbonyl (C=O) groups is 1. The number of benzene rings is 2. The molecule has 0 amide bonds. The fourth-order valence-corrected chi connectivity index (χ4v) is 3.55. The zero-order valence-electron chi connectivity index (χ0n) is 16.1. The van der Waals surface area contributed by atoms with Gasteiger partial charge in [-0.3, -0.25) is 0 Å². The van der Waals surface area contributed by atoms with Crippen molar-refractivity contribution in [1.29, 1.82) is 0 Å². The van der Waals surface area contributed by atoms with E-state index in [1.54, 1.807) is 19.1 Å². The molecule has 0 saturated heterocycles. The quantitative estimate of drug-likeness (QED) is 0.573. The summed E-state index contributed by atoms with van der Waals surface area (Å²) < 4.78 is 66.8. The van der Waals surface area contributed by atoms with Crippen molar-refractivity contribution in [2.45, 2.75) is 18.0 Å². The molecule has 0 aliphatic heterocycles. The van der Waals surface area contributed by atoms with Crippen LogP contribution in [0.2, 0.25) is 0 Å². The minimum atomic E-state index is -4.45. The van der Waals surface area contributed by atoms with Gasteiger partial charge in [0.1, 0.15) is 0 Å². The van der Waals surface area contributed by atoms with Crippen molar-refractivity contribution < 1.29 is 31.1 Å². The van der Waals surface area contributed by atoms with Crippen LogP contribution in [0.4, 0.5) is 13.2 Å². The first-order valence-corrected chi connectivity index (χ1v) is 10.8. The molecule has 5 nitrogen and oxygen atoms in total. The smallest absolute Gasteiger partial charge is 0.416 e. The van der Waals surface area contributed by atoms with E-state index >= 15 is 0 Å². The van der Waals surface area contributed by atoms with Crippen LogP contribution in [0.1, 0.15) is 22.8 Å². The van der Waals surface area contributed by atoms with Crippen LogP contribution in [-0.4, -0.2) is 32.2 Å². The number of esters is 1. The van der Waals surface area contributed by atoms with Gasteiger partial charge in [0.25, 0.3) is 0 Å². The van der Waals surface area contributed by atoms with E-state index < -0.39 is 27.5 Å². The number of ether oxygens (including phenoxy) is 1. The van der Waals surface area contributed by atoms with Gasteiger partial charge >= 0.3 is 12.1 Å². The van der Waals surface area contributed by atoms with Crippen molar-refractivity contribution in [2.24, 2.45) is 0 Å². The molecule has 3 aromatic rings. The van der Waals surface area contributed by atoms with Gasteiger partial charge in [-0.05, 0) is 48.4 Å². The summed E-state index contributed by atoms with van der Waals surface area (Å²) in [5.74, 6) is -0.603. The molecule has 0 aliphatic carbocycles. The SMILES string of the molecule is CCOC(=O)c1cc(-c2ccc(C(F)(F)F)cc2)[nH]c1-c1ccc(S(C)(=O)=O)cc1. The van der Waals surface area contributed by atoms with Gasteiger partial charge in [-0.2, -0.15) is 13.2 Å². The number of H-pyrrole nitrogens is 1. The molecule has 0 unspecified atom stereocenters. The van der Waals surface area contributed by atoms with E-state index in [0.29, 0.717) is 22.5 Å². The number of sulfone groups is 1. The number of aromatic nitrogens is 1. The molecular formula is C21H18F3NO4S. The van der Waals surface area contributed by atoms with E-state index in [4.69, 9.17) is 4.74 Å². The Morgan fingerprint density at radius 3 is 2.07 bits per heavy atom. The van der Waals surface area contributed by atoms with E-state index in [9.17, 15) is 26.4 Å². The number of nitrogens with one attached hydrogen (secondary N) is 1. The van der Waals surface area contributed by atoms with Crippen LogP contribution >= 0.6 is 0 Å². The lowest BCUT2D eigenvalue weighted by Crippen LogP contribution is -2.05. The van der Waals surface area contributed by atoms with Crippen molar-refractivity contribution in [3.8, 4) is 22.5 Å². The Morgan fingerprint density at radius 2 is 1.57 bits per heavy atom. The predicted molar refractivity (Wildman–Crippen MR) is 106 cm³/mol. The van der Waals surface area contributed by atoms with Gasteiger partial charge in [-0.15, -0.1) is 0 Å². The number of hydrogen-bond donors (Lipinski definition) is 1. The number of rotatable bonds is 5. The van der Waals surface area contributed by atoms with Gasteiger partial charge in [0, 0.05) is 11.9 Å². The highest BCUT2D eigenvalue weighted by Gasteiger charge is 2.30. The molecule has 2 aromatic carbocycles. The van der Waals surface area contributed by atoms with Crippen molar-refractivity contribution in [3.05, 3.63) is 65.7 Å². The molecule has 0 spiro atoms. The number of hydrogen-bond acceptors (Lipinski definition) is 4. The van der Waals surface area contributed by atoms with Crippen LogP contribution in [0.5, 0.6) is 0 Å². The number of halogens is 3. The lowest BCUT2D eigenvalue weighted by molar-refractivity contribution is -0.137. The number of carbonyl (C=O) groups excluding carboxylic acids is 1. The molecule has 0 fully saturated rings. The van der Waals surface area contributed by atoms with Crippen LogP contribution in [0.25, 0.3) is 22.5 Å². The maximum absolute atomic E-state index is 12.8. The van der Waals surface area contributed by atoms with Crippen molar-refractivity contribution in [2.75, 3.05) is 12.9 Å². The fourth-order valence-electron chi connectivity index (χ4n) is 2.92. The molecule has 1 heterocycles. The third kappa shape index (κ3) is 4.56. The molecule has 30 heavy (non-hydrogen) atoms. The zero-order chi connectivity index (χ0) is 22.1. The summed E-state index contributed by atoms with van der Waals surface area (Å²) in [4.78, 5) is 15.6. The molecule has 0 aliphatic rings. The van der Waals surface area contributed by atoms with Gasteiger partial charge in [-0.1, -0.05) is 24.3 Å². The normalized spacial score (nSPS) is 12.0. The first-order valence-electron chi connectivity index (χ1n) is 8.89. The summed E-state index contributed by atoms with van der Waals surface area (Å²) in [6.45, 7) is 1.80. The number of alkyl halides is 3. The van der Waals surface area contributed by atoms with Crippen molar-refractivity contribution in [3.63, 3.8) is 0 Å². The molecule has 0 atom stereocenters. The highest BCUT2D eigenvalue weighted by molar-refractivity contribution is 7.90. The molecule has 9 heteroatoms. The summed E-state index contributed by atoms with van der Waals surface area (Å²) in [5.41, 5.74) is 1.20. The molecule has 1 aromatic heterocycles. The van der Waals surface area contributed by atoms with Gasteiger partial charge in [0.15, 0.2) is 9.84 Å². The average Bonchev–Trinajstić information content (AvgIpc) is 3.13. The second kappa shape index (κ2) is 7.98. The Hall–Kier alpha value is -3.07. The highest BCUT2D eigenvalue weighted by atomic mass is 32.2. The molecule has 158 valence electrons. The van der Waals surface area contributed by atoms with Gasteiger partial charge in [0.2, 0.25) is 0 Å². The van der Waals surface area contributed by atoms with E-state index in [-0.39, 0.29) is 17.1 Å². The van der Waals surface area contributed by atoms with Crippen LogP contribution in [0.3, 0.4) is 0 Å². The topological polar surface area (TPSA) is 76.2 Å². The van der Waals surface area contributed by atoms with Crippen LogP contribution < -0.4 is 0 Å². The Labute approximate surface area is 171 Å². The number of aromatic amines is 1. The second-order valence-corrected chi connectivity index (χ2v) is 8.58. The van der Waals surface area contributed by atoms with Gasteiger partial charge < -0.3 is 9.72 Å². The molecule has 1 N–H and O–H groups in total. The van der Waals surface area contributed by atoms with Crippen LogP contribution in [0, 0.1) is 0 Å². The predicted octanol–water partition coefficient (Wildman–Crippen LogP) is 4.95. The van der Waals surface area contributed by atoms with E-state index in [0.717, 1.165) is 18.4 Å². The van der Waals surface area contributed by atoms with Crippen molar-refractivity contribution in [1.82, 2.24) is 4.98 Å². The average molecular weight is 437 g/mol. The summed E-state index contributed by atoms with van der Waals surface area (Å²) in [6, 6.07) is 11.9. The summed E-state index contributed by atoms with van der Waals surface area (Å²) in [5, 5.41) is 0. The van der Waals surface area contributed by atoms with Crippen LogP contribution in [0.15, 0.2) is 59.5 Å². The Morgan fingerprint density at radius 1 is 1.00 bits per heavy atom. The molecule has 0 saturated carbocycles. The van der Waals surface area contributed by atoms with Crippen LogP contribution in [-0.2, 0) is 20.8 Å². The van der Waals surface area contributed by atoms with E-state index in [1.807, 2.05) is 0 Å².